The standard InChI is InChI=1S/C18H16BrNO4/c1-11(22)13-3-6-16(7-4-13)20-18(23)12(2)24-17-8-5-15(19)9-14(17)10-21/h3-10,12H,1-2H3,(H,20,23)/t12-/m0/s1. The summed E-state index contributed by atoms with van der Waals surface area (Å²) in [5.74, 6) is -0.0608. The van der Waals surface area contributed by atoms with E-state index in [2.05, 4.69) is 21.2 Å². The van der Waals surface area contributed by atoms with Crippen molar-refractivity contribution in [1.82, 2.24) is 0 Å². The van der Waals surface area contributed by atoms with Crippen LogP contribution in [0.5, 0.6) is 5.75 Å². The first-order chi connectivity index (χ1) is 11.4. The number of ether oxygens (including phenoxy) is 1. The molecule has 0 aliphatic heterocycles. The summed E-state index contributed by atoms with van der Waals surface area (Å²) in [6.45, 7) is 3.07. The van der Waals surface area contributed by atoms with Crippen LogP contribution in [0.2, 0.25) is 0 Å². The van der Waals surface area contributed by atoms with E-state index in [1.54, 1.807) is 49.4 Å². The Morgan fingerprint density at radius 1 is 1.17 bits per heavy atom. The van der Waals surface area contributed by atoms with Gasteiger partial charge in [-0.25, -0.2) is 0 Å². The van der Waals surface area contributed by atoms with Gasteiger partial charge in [-0.15, -0.1) is 0 Å². The predicted molar refractivity (Wildman–Crippen MR) is 94.7 cm³/mol. The maximum atomic E-state index is 12.2. The molecule has 0 bridgehead atoms. The molecule has 1 amide bonds. The lowest BCUT2D eigenvalue weighted by molar-refractivity contribution is -0.122. The molecular weight excluding hydrogens is 374 g/mol. The van der Waals surface area contributed by atoms with Gasteiger partial charge >= 0.3 is 0 Å². The van der Waals surface area contributed by atoms with Crippen molar-refractivity contribution in [3.63, 3.8) is 0 Å². The third-order valence-corrected chi connectivity index (χ3v) is 3.82. The summed E-state index contributed by atoms with van der Waals surface area (Å²) in [6.07, 6.45) is -0.122. The van der Waals surface area contributed by atoms with Crippen molar-refractivity contribution < 1.29 is 19.1 Å². The van der Waals surface area contributed by atoms with Crippen molar-refractivity contribution >= 4 is 39.6 Å². The molecule has 1 N–H and O–H groups in total. The van der Waals surface area contributed by atoms with Gasteiger partial charge in [0, 0.05) is 15.7 Å². The number of hydrogen-bond donors (Lipinski definition) is 1. The van der Waals surface area contributed by atoms with Crippen LogP contribution in [-0.4, -0.2) is 24.1 Å². The van der Waals surface area contributed by atoms with Crippen LogP contribution in [0.1, 0.15) is 34.6 Å². The van der Waals surface area contributed by atoms with Crippen molar-refractivity contribution in [2.24, 2.45) is 0 Å². The number of anilines is 1. The third-order valence-electron chi connectivity index (χ3n) is 3.33. The van der Waals surface area contributed by atoms with Crippen LogP contribution in [0.4, 0.5) is 5.69 Å². The molecule has 1 atom stereocenters. The van der Waals surface area contributed by atoms with E-state index < -0.39 is 6.10 Å². The first-order valence-electron chi connectivity index (χ1n) is 7.24. The number of aldehydes is 1. The van der Waals surface area contributed by atoms with Crippen molar-refractivity contribution in [3.8, 4) is 5.75 Å². The zero-order valence-corrected chi connectivity index (χ0v) is 14.8. The first-order valence-corrected chi connectivity index (χ1v) is 8.03. The van der Waals surface area contributed by atoms with Gasteiger partial charge in [-0.1, -0.05) is 15.9 Å². The topological polar surface area (TPSA) is 72.5 Å². The van der Waals surface area contributed by atoms with E-state index in [0.29, 0.717) is 28.8 Å². The highest BCUT2D eigenvalue weighted by Gasteiger charge is 2.17. The van der Waals surface area contributed by atoms with Crippen molar-refractivity contribution in [2.45, 2.75) is 20.0 Å². The zero-order valence-electron chi connectivity index (χ0n) is 13.2. The van der Waals surface area contributed by atoms with Gasteiger partial charge in [0.25, 0.3) is 5.91 Å². The maximum Gasteiger partial charge on any atom is 0.265 e. The Kier molecular flexibility index (Phi) is 5.87. The van der Waals surface area contributed by atoms with Gasteiger partial charge in [0.1, 0.15) is 5.75 Å². The number of amides is 1. The summed E-state index contributed by atoms with van der Waals surface area (Å²) in [7, 11) is 0. The molecule has 2 rings (SSSR count). The molecule has 0 aliphatic carbocycles. The molecule has 2 aromatic carbocycles. The summed E-state index contributed by atoms with van der Waals surface area (Å²) in [6, 6.07) is 11.6. The van der Waals surface area contributed by atoms with Gasteiger partial charge < -0.3 is 10.1 Å². The van der Waals surface area contributed by atoms with Crippen LogP contribution in [0.15, 0.2) is 46.9 Å². The van der Waals surface area contributed by atoms with Crippen LogP contribution in [-0.2, 0) is 4.79 Å². The molecule has 0 heterocycles. The zero-order chi connectivity index (χ0) is 17.7. The summed E-state index contributed by atoms with van der Waals surface area (Å²) >= 11 is 3.27. The molecule has 0 spiro atoms. The average molecular weight is 390 g/mol. The fourth-order valence-corrected chi connectivity index (χ4v) is 2.37. The van der Waals surface area contributed by atoms with Gasteiger partial charge in [0.05, 0.1) is 5.56 Å². The Morgan fingerprint density at radius 2 is 1.83 bits per heavy atom. The van der Waals surface area contributed by atoms with Crippen molar-refractivity contribution in [3.05, 3.63) is 58.1 Å². The van der Waals surface area contributed by atoms with E-state index in [1.807, 2.05) is 0 Å². The van der Waals surface area contributed by atoms with E-state index in [9.17, 15) is 14.4 Å². The van der Waals surface area contributed by atoms with Gasteiger partial charge in [-0.3, -0.25) is 14.4 Å². The molecule has 5 nitrogen and oxygen atoms in total. The van der Waals surface area contributed by atoms with Crippen LogP contribution < -0.4 is 10.1 Å². The van der Waals surface area contributed by atoms with E-state index >= 15 is 0 Å². The Hall–Kier alpha value is -2.47. The van der Waals surface area contributed by atoms with Gasteiger partial charge in [0.2, 0.25) is 0 Å². The molecule has 0 saturated heterocycles. The molecule has 0 aromatic heterocycles. The largest absolute Gasteiger partial charge is 0.480 e. The normalized spacial score (nSPS) is 11.5. The Labute approximate surface area is 148 Å². The monoisotopic (exact) mass is 389 g/mol. The molecule has 0 saturated carbocycles. The molecule has 24 heavy (non-hydrogen) atoms. The van der Waals surface area contributed by atoms with E-state index in [4.69, 9.17) is 4.74 Å². The second-order valence-electron chi connectivity index (χ2n) is 5.18. The number of halogens is 1. The van der Waals surface area contributed by atoms with Gasteiger partial charge in [0.15, 0.2) is 18.2 Å². The van der Waals surface area contributed by atoms with Crippen molar-refractivity contribution in [2.75, 3.05) is 5.32 Å². The summed E-state index contributed by atoms with van der Waals surface area (Å²) in [5.41, 5.74) is 1.49. The molecule has 0 aliphatic rings. The van der Waals surface area contributed by atoms with Crippen LogP contribution in [0.3, 0.4) is 0 Å². The number of carbonyl (C=O) groups excluding carboxylic acids is 3. The summed E-state index contributed by atoms with van der Waals surface area (Å²) in [4.78, 5) is 34.5. The lowest BCUT2D eigenvalue weighted by Crippen LogP contribution is -2.30. The fourth-order valence-electron chi connectivity index (χ4n) is 1.99. The molecule has 0 radical (unpaired) electrons. The SMILES string of the molecule is CC(=O)c1ccc(NC(=O)[C@H](C)Oc2ccc(Br)cc2C=O)cc1. The Balaban J connectivity index is 2.04. The number of ketones is 1. The van der Waals surface area contributed by atoms with Crippen LogP contribution in [0.25, 0.3) is 0 Å². The fraction of sp³-hybridized carbons (Fsp3) is 0.167. The van der Waals surface area contributed by atoms with Gasteiger partial charge in [-0.2, -0.15) is 0 Å². The molecular formula is C18H16BrNO4. The lowest BCUT2D eigenvalue weighted by atomic mass is 10.1. The Morgan fingerprint density at radius 3 is 2.42 bits per heavy atom. The van der Waals surface area contributed by atoms with Crippen LogP contribution >= 0.6 is 15.9 Å². The van der Waals surface area contributed by atoms with Crippen LogP contribution in [0, 0.1) is 0 Å². The number of benzene rings is 2. The summed E-state index contributed by atoms with van der Waals surface area (Å²) < 4.78 is 6.32. The number of nitrogens with one attached hydrogen (secondary N) is 1. The predicted octanol–water partition coefficient (Wildman–Crippen LogP) is 3.87. The minimum Gasteiger partial charge on any atom is -0.480 e. The quantitative estimate of drug-likeness (QED) is 0.601. The summed E-state index contributed by atoms with van der Waals surface area (Å²) in [5, 5.41) is 2.70. The van der Waals surface area contributed by atoms with E-state index in [0.717, 1.165) is 4.47 Å². The number of Topliss-reactive ketones (excluding diaryl/α,β-unsaturated/α-hetero) is 1. The minimum atomic E-state index is -0.794. The van der Waals surface area contributed by atoms with E-state index in [1.165, 1.54) is 6.92 Å². The van der Waals surface area contributed by atoms with Crippen molar-refractivity contribution in [1.29, 1.82) is 0 Å². The molecule has 124 valence electrons. The minimum absolute atomic E-state index is 0.0405. The first kappa shape index (κ1) is 17.9. The third kappa shape index (κ3) is 4.52. The lowest BCUT2D eigenvalue weighted by Gasteiger charge is -2.16. The number of hydrogen-bond acceptors (Lipinski definition) is 4. The highest BCUT2D eigenvalue weighted by atomic mass is 79.9. The smallest absolute Gasteiger partial charge is 0.265 e. The van der Waals surface area contributed by atoms with E-state index in [-0.39, 0.29) is 11.7 Å². The molecule has 2 aromatic rings. The number of carbonyl (C=O) groups is 3. The molecule has 0 unspecified atom stereocenters. The average Bonchev–Trinajstić information content (AvgIpc) is 2.56. The van der Waals surface area contributed by atoms with Gasteiger partial charge in [-0.05, 0) is 56.3 Å². The second-order valence-corrected chi connectivity index (χ2v) is 6.10. The second kappa shape index (κ2) is 7.88. The maximum absolute atomic E-state index is 12.2. The highest BCUT2D eigenvalue weighted by molar-refractivity contribution is 9.10. The Bertz CT molecular complexity index is 771. The number of rotatable bonds is 6. The molecule has 6 heteroatoms. The highest BCUT2D eigenvalue weighted by Crippen LogP contribution is 2.23. The molecule has 0 fully saturated rings.